The molecule has 1 fully saturated rings. The summed E-state index contributed by atoms with van der Waals surface area (Å²) in [7, 11) is 1.72. The van der Waals surface area contributed by atoms with Crippen molar-refractivity contribution >= 4 is 6.08 Å². The van der Waals surface area contributed by atoms with Crippen LogP contribution in [-0.4, -0.2) is 13.2 Å². The van der Waals surface area contributed by atoms with Crippen molar-refractivity contribution in [2.45, 2.75) is 63.3 Å². The molecular weight excluding hydrogens is 262 g/mol. The zero-order valence-corrected chi connectivity index (χ0v) is 12.8. The normalized spacial score (nSPS) is 20.2. The third kappa shape index (κ3) is 2.63. The highest BCUT2D eigenvalue weighted by Crippen LogP contribution is 2.46. The second-order valence-corrected chi connectivity index (χ2v) is 6.32. The van der Waals surface area contributed by atoms with E-state index in [9.17, 15) is 4.79 Å². The summed E-state index contributed by atoms with van der Waals surface area (Å²) < 4.78 is 5.65. The van der Waals surface area contributed by atoms with Crippen LogP contribution >= 0.6 is 0 Å². The second-order valence-electron chi connectivity index (χ2n) is 6.32. The van der Waals surface area contributed by atoms with Gasteiger partial charge in [0.1, 0.15) is 11.3 Å². The first-order valence-electron chi connectivity index (χ1n) is 8.08. The van der Waals surface area contributed by atoms with E-state index in [1.807, 2.05) is 6.08 Å². The number of hydrogen-bond donors (Lipinski definition) is 0. The Labute approximate surface area is 126 Å². The lowest BCUT2D eigenvalue weighted by Gasteiger charge is -2.26. The van der Waals surface area contributed by atoms with E-state index in [1.54, 1.807) is 7.11 Å². The van der Waals surface area contributed by atoms with Gasteiger partial charge in [-0.2, -0.15) is 4.99 Å². The summed E-state index contributed by atoms with van der Waals surface area (Å²) in [6.07, 6.45) is 12.0. The number of nitrogens with zero attached hydrogens (tertiary/aromatic N) is 1. The van der Waals surface area contributed by atoms with Gasteiger partial charge in [-0.15, -0.1) is 0 Å². The monoisotopic (exact) mass is 285 g/mol. The standard InChI is InChI=1S/C18H23NO2/c1-21-17-12-15-8-4-2-3-7-14(15)11-16(17)18(19-13-20)9-5-6-10-18/h11-12H,2-10H2,1H3. The first kappa shape index (κ1) is 14.3. The summed E-state index contributed by atoms with van der Waals surface area (Å²) in [5.74, 6) is 0.900. The van der Waals surface area contributed by atoms with Gasteiger partial charge in [0.05, 0.1) is 7.11 Å². The summed E-state index contributed by atoms with van der Waals surface area (Å²) >= 11 is 0. The Bertz CT molecular complexity index is 567. The maximum atomic E-state index is 11.0. The lowest BCUT2D eigenvalue weighted by atomic mass is 9.85. The molecule has 0 N–H and O–H groups in total. The van der Waals surface area contributed by atoms with Gasteiger partial charge < -0.3 is 4.74 Å². The van der Waals surface area contributed by atoms with E-state index in [2.05, 4.69) is 17.1 Å². The number of carbonyl (C=O) groups excluding carboxylic acids is 1. The largest absolute Gasteiger partial charge is 0.496 e. The van der Waals surface area contributed by atoms with Gasteiger partial charge in [-0.05, 0) is 61.8 Å². The third-order valence-electron chi connectivity index (χ3n) is 5.11. The van der Waals surface area contributed by atoms with Crippen LogP contribution in [0.15, 0.2) is 17.1 Å². The van der Waals surface area contributed by atoms with Crippen molar-refractivity contribution in [2.24, 2.45) is 4.99 Å². The van der Waals surface area contributed by atoms with Crippen LogP contribution in [0.3, 0.4) is 0 Å². The van der Waals surface area contributed by atoms with E-state index in [4.69, 9.17) is 4.74 Å². The number of benzene rings is 1. The lowest BCUT2D eigenvalue weighted by molar-refractivity contribution is 0.378. The van der Waals surface area contributed by atoms with Crippen molar-refractivity contribution in [3.05, 3.63) is 28.8 Å². The molecule has 2 aliphatic rings. The molecule has 3 nitrogen and oxygen atoms in total. The van der Waals surface area contributed by atoms with Crippen LogP contribution < -0.4 is 4.74 Å². The number of rotatable bonds is 3. The van der Waals surface area contributed by atoms with Crippen LogP contribution in [-0.2, 0) is 23.2 Å². The summed E-state index contributed by atoms with van der Waals surface area (Å²) in [5.41, 5.74) is 3.55. The Morgan fingerprint density at radius 2 is 1.71 bits per heavy atom. The maximum absolute atomic E-state index is 11.0. The smallest absolute Gasteiger partial charge is 0.235 e. The highest BCUT2D eigenvalue weighted by Gasteiger charge is 2.38. The zero-order chi connectivity index (χ0) is 14.7. The number of aryl methyl sites for hydroxylation is 2. The van der Waals surface area contributed by atoms with Crippen molar-refractivity contribution in [3.63, 3.8) is 0 Å². The van der Waals surface area contributed by atoms with Crippen molar-refractivity contribution in [1.29, 1.82) is 0 Å². The van der Waals surface area contributed by atoms with Gasteiger partial charge in [-0.25, -0.2) is 4.79 Å². The molecule has 3 rings (SSSR count). The van der Waals surface area contributed by atoms with Crippen LogP contribution in [0, 0.1) is 0 Å². The van der Waals surface area contributed by atoms with E-state index in [-0.39, 0.29) is 0 Å². The Morgan fingerprint density at radius 3 is 2.33 bits per heavy atom. The van der Waals surface area contributed by atoms with Crippen molar-refractivity contribution in [1.82, 2.24) is 0 Å². The Kier molecular flexibility index (Phi) is 4.12. The van der Waals surface area contributed by atoms with Gasteiger partial charge in [-0.3, -0.25) is 0 Å². The quantitative estimate of drug-likeness (QED) is 0.477. The molecule has 1 aromatic rings. The molecule has 2 aliphatic carbocycles. The Balaban J connectivity index is 2.12. The molecule has 0 unspecified atom stereocenters. The van der Waals surface area contributed by atoms with E-state index in [0.717, 1.165) is 49.8 Å². The van der Waals surface area contributed by atoms with Crippen LogP contribution in [0.2, 0.25) is 0 Å². The lowest BCUT2D eigenvalue weighted by Crippen LogP contribution is -2.20. The molecule has 0 amide bonds. The van der Waals surface area contributed by atoms with Gasteiger partial charge >= 0.3 is 0 Å². The molecule has 0 heterocycles. The number of aliphatic imine (C=N–C) groups is 1. The van der Waals surface area contributed by atoms with E-state index in [1.165, 1.54) is 30.4 Å². The predicted molar refractivity (Wildman–Crippen MR) is 82.5 cm³/mol. The summed E-state index contributed by atoms with van der Waals surface area (Å²) in [5, 5.41) is 0. The minimum atomic E-state index is -0.394. The SMILES string of the molecule is COc1cc2c(cc1C1(N=C=O)CCCC1)CCCCC2. The van der Waals surface area contributed by atoms with Crippen LogP contribution in [0.1, 0.15) is 61.6 Å². The maximum Gasteiger partial charge on any atom is 0.235 e. The molecule has 0 aliphatic heterocycles. The predicted octanol–water partition coefficient (Wildman–Crippen LogP) is 4.07. The zero-order valence-electron chi connectivity index (χ0n) is 12.8. The van der Waals surface area contributed by atoms with Gasteiger partial charge in [0.15, 0.2) is 0 Å². The molecule has 1 saturated carbocycles. The topological polar surface area (TPSA) is 38.7 Å². The summed E-state index contributed by atoms with van der Waals surface area (Å²) in [6.45, 7) is 0. The van der Waals surface area contributed by atoms with E-state index in [0.29, 0.717) is 0 Å². The van der Waals surface area contributed by atoms with Crippen LogP contribution in [0.25, 0.3) is 0 Å². The summed E-state index contributed by atoms with van der Waals surface area (Å²) in [4.78, 5) is 15.2. The van der Waals surface area contributed by atoms with Gasteiger partial charge in [0, 0.05) is 5.56 Å². The molecule has 112 valence electrons. The molecular formula is C18H23NO2. The fourth-order valence-electron chi connectivity index (χ4n) is 3.96. The summed E-state index contributed by atoms with van der Waals surface area (Å²) in [6, 6.07) is 4.46. The fraction of sp³-hybridized carbons (Fsp3) is 0.611. The number of hydrogen-bond acceptors (Lipinski definition) is 3. The van der Waals surface area contributed by atoms with Gasteiger partial charge in [0.25, 0.3) is 0 Å². The number of isocyanates is 1. The Morgan fingerprint density at radius 1 is 1.05 bits per heavy atom. The molecule has 21 heavy (non-hydrogen) atoms. The van der Waals surface area contributed by atoms with E-state index >= 15 is 0 Å². The molecule has 0 bridgehead atoms. The molecule has 3 heteroatoms. The number of ether oxygens (including phenoxy) is 1. The average Bonchev–Trinajstić information content (AvgIpc) is 2.85. The molecule has 0 spiro atoms. The van der Waals surface area contributed by atoms with Crippen molar-refractivity contribution < 1.29 is 9.53 Å². The van der Waals surface area contributed by atoms with Gasteiger partial charge in [0.2, 0.25) is 6.08 Å². The number of fused-ring (bicyclic) bond motifs is 1. The van der Waals surface area contributed by atoms with Crippen molar-refractivity contribution in [3.8, 4) is 5.75 Å². The highest BCUT2D eigenvalue weighted by atomic mass is 16.5. The average molecular weight is 285 g/mol. The minimum Gasteiger partial charge on any atom is -0.496 e. The van der Waals surface area contributed by atoms with E-state index < -0.39 is 5.54 Å². The molecule has 0 aromatic heterocycles. The number of methoxy groups -OCH3 is 1. The second kappa shape index (κ2) is 6.03. The molecule has 0 radical (unpaired) electrons. The van der Waals surface area contributed by atoms with Gasteiger partial charge in [-0.1, -0.05) is 19.3 Å². The Hall–Kier alpha value is -1.60. The highest BCUT2D eigenvalue weighted by molar-refractivity contribution is 5.49. The molecule has 1 aromatic carbocycles. The molecule has 0 saturated heterocycles. The van der Waals surface area contributed by atoms with Crippen LogP contribution in [0.4, 0.5) is 0 Å². The first-order valence-corrected chi connectivity index (χ1v) is 8.08. The fourth-order valence-corrected chi connectivity index (χ4v) is 3.96. The van der Waals surface area contributed by atoms with Crippen molar-refractivity contribution in [2.75, 3.05) is 7.11 Å². The minimum absolute atomic E-state index is 0.394. The first-order chi connectivity index (χ1) is 10.3. The molecule has 0 atom stereocenters. The van der Waals surface area contributed by atoms with Crippen LogP contribution in [0.5, 0.6) is 5.75 Å². The third-order valence-corrected chi connectivity index (χ3v) is 5.11.